The van der Waals surface area contributed by atoms with Crippen LogP contribution in [0.5, 0.6) is 0 Å². The van der Waals surface area contributed by atoms with Gasteiger partial charge in [-0.1, -0.05) is 188 Å². The van der Waals surface area contributed by atoms with E-state index < -0.39 is 0 Å². The zero-order chi connectivity index (χ0) is 42.2. The number of allylic oxidation sites excluding steroid dienone is 9. The minimum Gasteiger partial charge on any atom is -0.311 e. The quantitative estimate of drug-likeness (QED) is 0.128. The monoisotopic (exact) mass is 808 g/mol. The molecule has 8 aromatic rings. The Hall–Kier alpha value is -7.94. The molecule has 0 spiro atoms. The molecule has 0 bridgehead atoms. The largest absolute Gasteiger partial charge is 0.311 e. The molecule has 0 N–H and O–H groups in total. The topological polar surface area (TPSA) is 6.48 Å². The van der Waals surface area contributed by atoms with Gasteiger partial charge in [0.15, 0.2) is 0 Å². The average molecular weight is 809 g/mol. The lowest BCUT2D eigenvalue weighted by Gasteiger charge is -2.27. The molecule has 2 heteroatoms. The van der Waals surface area contributed by atoms with Crippen molar-refractivity contribution >= 4 is 34.0 Å². The Balaban J connectivity index is 0.960. The molecular formula is C61H48N2. The van der Waals surface area contributed by atoms with Gasteiger partial charge in [-0.05, 0) is 136 Å². The second kappa shape index (κ2) is 18.4. The summed E-state index contributed by atoms with van der Waals surface area (Å²) in [6.07, 6.45) is 19.8. The van der Waals surface area contributed by atoms with Crippen LogP contribution in [0.3, 0.4) is 0 Å². The summed E-state index contributed by atoms with van der Waals surface area (Å²) in [5, 5.41) is 0. The molecule has 0 heterocycles. The third kappa shape index (κ3) is 8.80. The van der Waals surface area contributed by atoms with Crippen molar-refractivity contribution in [2.75, 3.05) is 9.80 Å². The smallest absolute Gasteiger partial charge is 0.0462 e. The summed E-state index contributed by atoms with van der Waals surface area (Å²) in [4.78, 5) is 4.71. The fraction of sp³-hybridized carbons (Fsp3) is 0.0492. The molecule has 2 aliphatic carbocycles. The molecule has 2 nitrogen and oxygen atoms in total. The van der Waals surface area contributed by atoms with Crippen LogP contribution in [0.4, 0.5) is 28.4 Å². The van der Waals surface area contributed by atoms with Gasteiger partial charge in [0.05, 0.1) is 0 Å². The molecule has 0 radical (unpaired) electrons. The highest BCUT2D eigenvalue weighted by Gasteiger charge is 2.18. The standard InChI is InChI=1S/C61H48N2/c1-5-14-46(15-6-1)50-22-13-23-56(35-24-50)62(57-36-25-51(26-37-57)47-16-7-2-8-17-47)58-42-31-54(32-43-58)55-33-44-61(45-34-55)63(59-38-27-52(28-39-59)48-18-9-3-10-19-48)60-40-29-53(30-41-60)49-20-11-4-12-21-49/h1-20,23-45,49H,21-22H2. The van der Waals surface area contributed by atoms with Crippen LogP contribution in [0.15, 0.2) is 267 Å². The summed E-state index contributed by atoms with van der Waals surface area (Å²) in [6.45, 7) is 0. The Labute approximate surface area is 372 Å². The molecule has 2 aliphatic rings. The van der Waals surface area contributed by atoms with Crippen LogP contribution in [-0.2, 0) is 0 Å². The molecule has 0 amide bonds. The van der Waals surface area contributed by atoms with Gasteiger partial charge >= 0.3 is 0 Å². The Morgan fingerprint density at radius 1 is 0.333 bits per heavy atom. The third-order valence-electron chi connectivity index (χ3n) is 12.1. The highest BCUT2D eigenvalue weighted by molar-refractivity contribution is 5.81. The van der Waals surface area contributed by atoms with E-state index in [4.69, 9.17) is 0 Å². The zero-order valence-corrected chi connectivity index (χ0v) is 35.2. The second-order valence-corrected chi connectivity index (χ2v) is 16.1. The molecule has 1 atom stereocenters. The van der Waals surface area contributed by atoms with Gasteiger partial charge in [-0.25, -0.2) is 0 Å². The maximum Gasteiger partial charge on any atom is 0.0462 e. The van der Waals surface area contributed by atoms with Crippen molar-refractivity contribution in [1.29, 1.82) is 0 Å². The summed E-state index contributed by atoms with van der Waals surface area (Å²) in [5.41, 5.74) is 17.7. The summed E-state index contributed by atoms with van der Waals surface area (Å²) >= 11 is 0. The van der Waals surface area contributed by atoms with E-state index in [1.165, 1.54) is 50.1 Å². The first-order valence-electron chi connectivity index (χ1n) is 21.9. The van der Waals surface area contributed by atoms with E-state index in [2.05, 4.69) is 271 Å². The maximum atomic E-state index is 2.36. The fourth-order valence-electron chi connectivity index (χ4n) is 8.70. The Kier molecular flexibility index (Phi) is 11.4. The normalized spacial score (nSPS) is 14.4. The van der Waals surface area contributed by atoms with Crippen LogP contribution in [0.2, 0.25) is 0 Å². The molecule has 0 aliphatic heterocycles. The third-order valence-corrected chi connectivity index (χ3v) is 12.1. The van der Waals surface area contributed by atoms with E-state index in [1.54, 1.807) is 0 Å². The van der Waals surface area contributed by atoms with Gasteiger partial charge in [0.1, 0.15) is 0 Å². The summed E-state index contributed by atoms with van der Waals surface area (Å²) < 4.78 is 0. The van der Waals surface area contributed by atoms with Gasteiger partial charge in [-0.2, -0.15) is 0 Å². The van der Waals surface area contributed by atoms with E-state index in [-0.39, 0.29) is 0 Å². The predicted octanol–water partition coefficient (Wildman–Crippen LogP) is 16.8. The van der Waals surface area contributed by atoms with Crippen molar-refractivity contribution in [3.63, 3.8) is 0 Å². The lowest BCUT2D eigenvalue weighted by molar-refractivity contribution is 0.854. The molecule has 0 aromatic heterocycles. The van der Waals surface area contributed by atoms with Crippen LogP contribution in [0, 0.1) is 0 Å². The minimum atomic E-state index is 0.408. The lowest BCUT2D eigenvalue weighted by atomic mass is 9.92. The number of hydrogen-bond donors (Lipinski definition) is 0. The zero-order valence-electron chi connectivity index (χ0n) is 35.2. The average Bonchev–Trinajstić information content (AvgIpc) is 3.63. The molecule has 63 heavy (non-hydrogen) atoms. The van der Waals surface area contributed by atoms with E-state index in [9.17, 15) is 0 Å². The van der Waals surface area contributed by atoms with Crippen molar-refractivity contribution < 1.29 is 0 Å². The van der Waals surface area contributed by atoms with Gasteiger partial charge < -0.3 is 9.80 Å². The number of rotatable bonds is 11. The number of nitrogens with zero attached hydrogens (tertiary/aromatic N) is 2. The van der Waals surface area contributed by atoms with Crippen molar-refractivity contribution in [3.05, 3.63) is 278 Å². The summed E-state index contributed by atoms with van der Waals surface area (Å²) in [6, 6.07) is 76.7. The van der Waals surface area contributed by atoms with Gasteiger partial charge in [0, 0.05) is 40.1 Å². The SMILES string of the molecule is C1=CCC(c2ccc(N(c3ccc(-c4ccccc4)cc3)c3ccc(-c4ccc(N(C5=CC=C(c6ccccc6)CC=C5)c5ccc(-c6ccccc6)cc5)cc4)cc3)cc2)C=C1. The van der Waals surface area contributed by atoms with E-state index in [0.29, 0.717) is 5.92 Å². The van der Waals surface area contributed by atoms with Crippen LogP contribution in [-0.4, -0.2) is 0 Å². The van der Waals surface area contributed by atoms with Gasteiger partial charge in [-0.15, -0.1) is 0 Å². The first-order valence-corrected chi connectivity index (χ1v) is 21.9. The summed E-state index contributed by atoms with van der Waals surface area (Å²) in [5.74, 6) is 0.408. The first-order chi connectivity index (χ1) is 31.2. The molecule has 1 unspecified atom stereocenters. The Morgan fingerprint density at radius 3 is 1.16 bits per heavy atom. The summed E-state index contributed by atoms with van der Waals surface area (Å²) in [7, 11) is 0. The van der Waals surface area contributed by atoms with E-state index in [0.717, 1.165) is 47.0 Å². The van der Waals surface area contributed by atoms with Crippen LogP contribution in [0.1, 0.15) is 29.9 Å². The van der Waals surface area contributed by atoms with Crippen LogP contribution in [0.25, 0.3) is 39.0 Å². The van der Waals surface area contributed by atoms with Crippen molar-refractivity contribution in [2.24, 2.45) is 0 Å². The molecule has 10 rings (SSSR count). The van der Waals surface area contributed by atoms with E-state index in [1.807, 2.05) is 0 Å². The van der Waals surface area contributed by atoms with Gasteiger partial charge in [-0.3, -0.25) is 0 Å². The molecule has 302 valence electrons. The molecule has 0 saturated carbocycles. The highest BCUT2D eigenvalue weighted by atomic mass is 15.1. The van der Waals surface area contributed by atoms with E-state index >= 15 is 0 Å². The van der Waals surface area contributed by atoms with Crippen LogP contribution < -0.4 is 9.80 Å². The van der Waals surface area contributed by atoms with Gasteiger partial charge in [0.2, 0.25) is 0 Å². The fourth-order valence-corrected chi connectivity index (χ4v) is 8.70. The van der Waals surface area contributed by atoms with Crippen molar-refractivity contribution in [1.82, 2.24) is 0 Å². The number of anilines is 5. The Bertz CT molecular complexity index is 2920. The lowest BCUT2D eigenvalue weighted by Crippen LogP contribution is -2.15. The van der Waals surface area contributed by atoms with Crippen LogP contribution >= 0.6 is 0 Å². The first kappa shape index (κ1) is 39.2. The Morgan fingerprint density at radius 2 is 0.730 bits per heavy atom. The molecular weight excluding hydrogens is 761 g/mol. The molecule has 0 fully saturated rings. The maximum absolute atomic E-state index is 2.36. The predicted molar refractivity (Wildman–Crippen MR) is 268 cm³/mol. The van der Waals surface area contributed by atoms with Crippen molar-refractivity contribution in [3.8, 4) is 33.4 Å². The minimum absolute atomic E-state index is 0.408. The molecule has 0 saturated heterocycles. The van der Waals surface area contributed by atoms with Crippen molar-refractivity contribution in [2.45, 2.75) is 18.8 Å². The second-order valence-electron chi connectivity index (χ2n) is 16.1. The molecule has 8 aromatic carbocycles. The van der Waals surface area contributed by atoms with Gasteiger partial charge in [0.25, 0.3) is 0 Å². The highest BCUT2D eigenvalue weighted by Crippen LogP contribution is 2.39. The number of benzene rings is 8. The number of hydrogen-bond acceptors (Lipinski definition) is 2.